The maximum absolute atomic E-state index is 12.5. The molecule has 1 aliphatic rings. The number of nitrogens with one attached hydrogen (secondary N) is 2. The van der Waals surface area contributed by atoms with Gasteiger partial charge in [-0.2, -0.15) is 0 Å². The second-order valence-electron chi connectivity index (χ2n) is 8.96. The Balaban J connectivity index is 1.63. The van der Waals surface area contributed by atoms with Crippen LogP contribution in [0.1, 0.15) is 27.6 Å². The molecule has 3 aromatic rings. The van der Waals surface area contributed by atoms with Gasteiger partial charge in [0.15, 0.2) is 0 Å². The number of rotatable bonds is 8. The largest absolute Gasteiger partial charge is 0.465 e. The number of nitrogens with zero attached hydrogens (tertiary/aromatic N) is 1. The highest BCUT2D eigenvalue weighted by molar-refractivity contribution is 6.07. The molecule has 13 nitrogen and oxygen atoms in total. The van der Waals surface area contributed by atoms with Crippen molar-refractivity contribution in [2.45, 2.75) is 37.6 Å². The van der Waals surface area contributed by atoms with Crippen LogP contribution >= 0.6 is 0 Å². The van der Waals surface area contributed by atoms with Crippen molar-refractivity contribution in [1.82, 2.24) is 10.3 Å². The summed E-state index contributed by atoms with van der Waals surface area (Å²) in [5.41, 5.74) is 1.79. The Morgan fingerprint density at radius 1 is 1.00 bits per heavy atom. The van der Waals surface area contributed by atoms with E-state index in [-0.39, 0.29) is 16.9 Å². The molecule has 4 rings (SSSR count). The molecule has 0 bridgehead atoms. The molecule has 5 N–H and O–H groups in total. The summed E-state index contributed by atoms with van der Waals surface area (Å²) in [6.07, 6.45) is -3.87. The van der Waals surface area contributed by atoms with Crippen molar-refractivity contribution in [1.29, 1.82) is 0 Å². The maximum atomic E-state index is 12.5. The summed E-state index contributed by atoms with van der Waals surface area (Å²) in [4.78, 5) is 40.6. The molecule has 1 aromatic heterocycles. The van der Waals surface area contributed by atoms with Crippen LogP contribution in [0.25, 0.3) is 10.9 Å². The number of esters is 2. The molecule has 0 radical (unpaired) electrons. The van der Waals surface area contributed by atoms with E-state index in [1.165, 1.54) is 27.3 Å². The van der Waals surface area contributed by atoms with Gasteiger partial charge in [0.1, 0.15) is 35.7 Å². The molecule has 0 unspecified atom stereocenters. The van der Waals surface area contributed by atoms with Gasteiger partial charge in [-0.15, -0.1) is 0 Å². The number of amides is 1. The number of benzene rings is 2. The van der Waals surface area contributed by atoms with E-state index in [1.807, 2.05) is 0 Å². The van der Waals surface area contributed by atoms with Crippen LogP contribution in [-0.4, -0.2) is 89.6 Å². The van der Waals surface area contributed by atoms with Crippen LogP contribution in [0.3, 0.4) is 0 Å². The number of aromatic nitrogens is 1. The molecule has 2 heterocycles. The van der Waals surface area contributed by atoms with E-state index in [9.17, 15) is 29.7 Å². The van der Waals surface area contributed by atoms with Crippen LogP contribution < -0.4 is 15.4 Å². The number of ether oxygens (including phenoxy) is 4. The smallest absolute Gasteiger partial charge is 0.341 e. The summed E-state index contributed by atoms with van der Waals surface area (Å²) in [7, 11) is 2.51. The van der Waals surface area contributed by atoms with Crippen molar-refractivity contribution in [3.8, 4) is 5.75 Å². The monoisotopic (exact) mass is 555 g/mol. The number of aliphatic hydroxyl groups is 3. The Labute approximate surface area is 228 Å². The van der Waals surface area contributed by atoms with Crippen LogP contribution in [0.5, 0.6) is 5.75 Å². The second kappa shape index (κ2) is 12.3. The van der Waals surface area contributed by atoms with Gasteiger partial charge in [-0.1, -0.05) is 0 Å². The van der Waals surface area contributed by atoms with Crippen LogP contribution in [0, 0.1) is 0 Å². The minimum Gasteiger partial charge on any atom is -0.465 e. The van der Waals surface area contributed by atoms with E-state index in [1.54, 1.807) is 42.5 Å². The minimum atomic E-state index is -1.45. The maximum Gasteiger partial charge on any atom is 0.341 e. The van der Waals surface area contributed by atoms with Crippen molar-refractivity contribution in [3.63, 3.8) is 0 Å². The zero-order valence-electron chi connectivity index (χ0n) is 21.9. The summed E-state index contributed by atoms with van der Waals surface area (Å²) in [5, 5.41) is 36.3. The van der Waals surface area contributed by atoms with Crippen molar-refractivity contribution in [2.24, 2.45) is 0 Å². The predicted molar refractivity (Wildman–Crippen MR) is 140 cm³/mol. The molecule has 0 spiro atoms. The van der Waals surface area contributed by atoms with Crippen molar-refractivity contribution >= 4 is 40.1 Å². The van der Waals surface area contributed by atoms with E-state index >= 15 is 0 Å². The highest BCUT2D eigenvalue weighted by atomic mass is 16.7. The van der Waals surface area contributed by atoms with Gasteiger partial charge < -0.3 is 44.9 Å². The number of aliphatic hydroxyl groups excluding tert-OH is 3. The number of hydrogen-bond acceptors (Lipinski definition) is 12. The van der Waals surface area contributed by atoms with Crippen molar-refractivity contribution in [2.75, 3.05) is 26.1 Å². The van der Waals surface area contributed by atoms with Gasteiger partial charge >= 0.3 is 11.9 Å². The summed E-state index contributed by atoms with van der Waals surface area (Å²) < 4.78 is 21.2. The van der Waals surface area contributed by atoms with Crippen molar-refractivity contribution < 1.29 is 48.7 Å². The Morgan fingerprint density at radius 2 is 1.70 bits per heavy atom. The van der Waals surface area contributed by atoms with E-state index in [0.29, 0.717) is 22.3 Å². The van der Waals surface area contributed by atoms with Gasteiger partial charge in [-0.25, -0.2) is 9.59 Å². The lowest BCUT2D eigenvalue weighted by Crippen LogP contribution is -2.65. The van der Waals surface area contributed by atoms with Gasteiger partial charge in [-0.05, 0) is 42.5 Å². The molecular weight excluding hydrogens is 526 g/mol. The number of hydrogen-bond donors (Lipinski definition) is 5. The number of methoxy groups -OCH3 is 2. The van der Waals surface area contributed by atoms with Crippen LogP contribution in [-0.2, 0) is 19.0 Å². The van der Waals surface area contributed by atoms with Crippen LogP contribution in [0.2, 0.25) is 0 Å². The number of carbonyl (C=O) groups is 3. The topological polar surface area (TPSA) is 186 Å². The van der Waals surface area contributed by atoms with E-state index in [4.69, 9.17) is 18.9 Å². The molecule has 5 atom stereocenters. The number of anilines is 2. The van der Waals surface area contributed by atoms with Gasteiger partial charge in [0.25, 0.3) is 0 Å². The Morgan fingerprint density at radius 3 is 2.33 bits per heavy atom. The van der Waals surface area contributed by atoms with Crippen LogP contribution in [0.4, 0.5) is 11.4 Å². The highest BCUT2D eigenvalue weighted by Gasteiger charge is 2.46. The molecule has 40 heavy (non-hydrogen) atoms. The fourth-order valence-corrected chi connectivity index (χ4v) is 4.30. The fraction of sp³-hybridized carbons (Fsp3) is 0.333. The quantitative estimate of drug-likeness (QED) is 0.247. The molecular formula is C27H29N3O10. The molecule has 1 fully saturated rings. The Bertz CT molecular complexity index is 1390. The fourth-order valence-electron chi connectivity index (χ4n) is 4.30. The summed E-state index contributed by atoms with van der Waals surface area (Å²) >= 11 is 0. The lowest BCUT2D eigenvalue weighted by molar-refractivity contribution is -0.244. The molecule has 1 saturated heterocycles. The highest BCUT2D eigenvalue weighted by Crippen LogP contribution is 2.32. The third-order valence-corrected chi connectivity index (χ3v) is 6.32. The number of carbonyl (C=O) groups excluding carboxylic acids is 3. The molecule has 0 saturated carbocycles. The Kier molecular flexibility index (Phi) is 8.80. The average Bonchev–Trinajstić information content (AvgIpc) is 2.96. The zero-order valence-corrected chi connectivity index (χ0v) is 21.9. The average molecular weight is 556 g/mol. The summed E-state index contributed by atoms with van der Waals surface area (Å²) in [6, 6.07) is 10.1. The Hall–Kier alpha value is -4.30. The molecule has 13 heteroatoms. The predicted octanol–water partition coefficient (Wildman–Crippen LogP) is 0.874. The first kappa shape index (κ1) is 28.7. The van der Waals surface area contributed by atoms with E-state index in [2.05, 4.69) is 15.6 Å². The third-order valence-electron chi connectivity index (χ3n) is 6.32. The zero-order chi connectivity index (χ0) is 29.0. The lowest BCUT2D eigenvalue weighted by atomic mass is 9.97. The number of fused-ring (bicyclic) bond motifs is 1. The normalized spacial score (nSPS) is 22.3. The van der Waals surface area contributed by atoms with Gasteiger partial charge in [0.2, 0.25) is 12.2 Å². The van der Waals surface area contributed by atoms with Gasteiger partial charge in [0.05, 0.1) is 37.6 Å². The first-order valence-electron chi connectivity index (χ1n) is 12.2. The van der Waals surface area contributed by atoms with Crippen LogP contribution in [0.15, 0.2) is 48.7 Å². The van der Waals surface area contributed by atoms with Crippen molar-refractivity contribution in [3.05, 3.63) is 59.8 Å². The second-order valence-corrected chi connectivity index (χ2v) is 8.96. The van der Waals surface area contributed by atoms with Gasteiger partial charge in [-0.3, -0.25) is 9.78 Å². The minimum absolute atomic E-state index is 0.133. The molecule has 212 valence electrons. The summed E-state index contributed by atoms with van der Waals surface area (Å²) in [6.45, 7) is 0.669. The number of pyridine rings is 1. The first-order valence-corrected chi connectivity index (χ1v) is 12.2. The van der Waals surface area contributed by atoms with E-state index < -0.39 is 55.1 Å². The van der Waals surface area contributed by atoms with Gasteiger partial charge in [0, 0.05) is 24.2 Å². The standard InChI is InChI=1S/C27H29N3O10/c1-13(32)29-22-24(34)23(33)20(12-31)40-27(22)39-16-7-5-15(6-8-16)30-21-17-10-14(25(35)37-2)4-9-19(17)28-11-18(21)26(36)38-3/h4-11,20,22-24,27,31,33-34H,12H2,1-3H3,(H,28,30)(H,29,32)/t20-,22+,23+,24+,27-/m0/s1. The molecule has 2 aromatic carbocycles. The molecule has 0 aliphatic carbocycles. The third kappa shape index (κ3) is 5.97. The van der Waals surface area contributed by atoms with E-state index in [0.717, 1.165) is 0 Å². The SMILES string of the molecule is COC(=O)c1ccc2ncc(C(=O)OC)c(Nc3ccc(O[C@H]4O[C@@H](CO)[C@@H](O)[C@H](O)[C@H]4NC(C)=O)cc3)c2c1. The molecule has 1 aliphatic heterocycles. The first-order chi connectivity index (χ1) is 19.2. The lowest BCUT2D eigenvalue weighted by Gasteiger charge is -2.42. The molecule has 1 amide bonds. The summed E-state index contributed by atoms with van der Waals surface area (Å²) in [5.74, 6) is -1.39.